The van der Waals surface area contributed by atoms with Crippen LogP contribution in [0.25, 0.3) is 0 Å². The monoisotopic (exact) mass is 295 g/mol. The lowest BCUT2D eigenvalue weighted by Gasteiger charge is -2.40. The first-order valence-electron chi connectivity index (χ1n) is 6.80. The Kier molecular flexibility index (Phi) is 5.69. The first kappa shape index (κ1) is 15.9. The number of aliphatic hydroxyl groups excluding tert-OH is 1. The minimum Gasteiger partial charge on any atom is -0.388 e. The van der Waals surface area contributed by atoms with Crippen molar-refractivity contribution < 1.29 is 24.2 Å². The molecular weight excluding hydrogens is 274 g/mol. The van der Waals surface area contributed by atoms with E-state index < -0.39 is 30.7 Å². The zero-order chi connectivity index (χ0) is 15.2. The van der Waals surface area contributed by atoms with Gasteiger partial charge in [0.05, 0.1) is 12.3 Å². The molecule has 0 radical (unpaired) electrons. The molecule has 1 fully saturated rings. The molecule has 0 aliphatic carbocycles. The van der Waals surface area contributed by atoms with Crippen LogP contribution in [0.15, 0.2) is 35.5 Å². The van der Waals surface area contributed by atoms with Crippen molar-refractivity contribution in [1.29, 1.82) is 0 Å². The summed E-state index contributed by atoms with van der Waals surface area (Å²) in [5.41, 5.74) is 0.915. The van der Waals surface area contributed by atoms with E-state index in [9.17, 15) is 5.11 Å². The molecule has 116 valence electrons. The maximum atomic E-state index is 10.0. The van der Waals surface area contributed by atoms with Crippen LogP contribution in [0, 0.1) is 0 Å². The quantitative estimate of drug-likeness (QED) is 0.652. The zero-order valence-electron chi connectivity index (χ0n) is 12.4. The highest BCUT2D eigenvalue weighted by Gasteiger charge is 2.45. The number of methoxy groups -OCH3 is 2. The summed E-state index contributed by atoms with van der Waals surface area (Å²) < 4.78 is 16.2. The van der Waals surface area contributed by atoms with Gasteiger partial charge in [-0.05, 0) is 12.5 Å². The van der Waals surface area contributed by atoms with Crippen LogP contribution in [-0.2, 0) is 19.0 Å². The van der Waals surface area contributed by atoms with E-state index in [4.69, 9.17) is 19.0 Å². The van der Waals surface area contributed by atoms with Crippen molar-refractivity contribution in [3.05, 3.63) is 35.9 Å². The van der Waals surface area contributed by atoms with Crippen LogP contribution in [0.5, 0.6) is 0 Å². The summed E-state index contributed by atoms with van der Waals surface area (Å²) in [6.07, 6.45) is -1.45. The number of rotatable bonds is 5. The second kappa shape index (κ2) is 7.51. The standard InChI is InChI=1S/C15H21NO5/c1-10-12(17)13(18-2)14(19-3)15(20-10)21-16-9-11-7-5-4-6-8-11/h4-10,12-15,17H,1-3H3/t10-,12-,13+,14+,15-/m0/s1. The maximum absolute atomic E-state index is 10.0. The molecule has 1 aromatic carbocycles. The van der Waals surface area contributed by atoms with Gasteiger partial charge in [0, 0.05) is 14.2 Å². The second-order valence-electron chi connectivity index (χ2n) is 4.85. The van der Waals surface area contributed by atoms with Crippen molar-refractivity contribution in [3.63, 3.8) is 0 Å². The van der Waals surface area contributed by atoms with Crippen LogP contribution < -0.4 is 0 Å². The molecule has 0 saturated carbocycles. The summed E-state index contributed by atoms with van der Waals surface area (Å²) in [6, 6.07) is 9.57. The predicted molar refractivity (Wildman–Crippen MR) is 77.1 cm³/mol. The number of hydrogen-bond donors (Lipinski definition) is 1. The summed E-state index contributed by atoms with van der Waals surface area (Å²) in [7, 11) is 3.03. The minimum absolute atomic E-state index is 0.432. The van der Waals surface area contributed by atoms with Crippen LogP contribution in [0.4, 0.5) is 0 Å². The molecule has 1 aliphatic heterocycles. The van der Waals surface area contributed by atoms with Crippen molar-refractivity contribution >= 4 is 6.21 Å². The summed E-state index contributed by atoms with van der Waals surface area (Å²) >= 11 is 0. The van der Waals surface area contributed by atoms with Gasteiger partial charge < -0.3 is 24.2 Å². The zero-order valence-corrected chi connectivity index (χ0v) is 12.4. The first-order chi connectivity index (χ1) is 10.2. The molecule has 5 atom stereocenters. The molecule has 1 heterocycles. The molecule has 0 spiro atoms. The highest BCUT2D eigenvalue weighted by Crippen LogP contribution is 2.25. The minimum atomic E-state index is -0.780. The molecule has 6 heteroatoms. The van der Waals surface area contributed by atoms with E-state index in [2.05, 4.69) is 5.16 Å². The van der Waals surface area contributed by atoms with E-state index in [0.717, 1.165) is 5.56 Å². The fourth-order valence-corrected chi connectivity index (χ4v) is 2.28. The van der Waals surface area contributed by atoms with E-state index >= 15 is 0 Å². The Morgan fingerprint density at radius 3 is 2.43 bits per heavy atom. The van der Waals surface area contributed by atoms with Crippen LogP contribution in [-0.4, -0.2) is 56.2 Å². The Morgan fingerprint density at radius 1 is 1.14 bits per heavy atom. The number of hydrogen-bond acceptors (Lipinski definition) is 6. The largest absolute Gasteiger partial charge is 0.388 e. The molecule has 0 amide bonds. The average Bonchev–Trinajstić information content (AvgIpc) is 2.51. The van der Waals surface area contributed by atoms with Gasteiger partial charge in [-0.25, -0.2) is 0 Å². The van der Waals surface area contributed by atoms with Crippen molar-refractivity contribution in [1.82, 2.24) is 0 Å². The van der Waals surface area contributed by atoms with E-state index in [-0.39, 0.29) is 0 Å². The van der Waals surface area contributed by atoms with E-state index in [1.54, 1.807) is 13.1 Å². The van der Waals surface area contributed by atoms with Crippen molar-refractivity contribution in [2.24, 2.45) is 5.16 Å². The fourth-order valence-electron chi connectivity index (χ4n) is 2.28. The summed E-state index contributed by atoms with van der Waals surface area (Å²) in [6.45, 7) is 1.75. The molecule has 0 unspecified atom stereocenters. The number of nitrogens with zero attached hydrogens (tertiary/aromatic N) is 1. The average molecular weight is 295 g/mol. The molecule has 1 aromatic rings. The molecule has 21 heavy (non-hydrogen) atoms. The number of ether oxygens (including phenoxy) is 3. The van der Waals surface area contributed by atoms with E-state index in [0.29, 0.717) is 0 Å². The van der Waals surface area contributed by atoms with Crippen molar-refractivity contribution in [2.75, 3.05) is 14.2 Å². The third kappa shape index (κ3) is 3.79. The Hall–Kier alpha value is -1.47. The van der Waals surface area contributed by atoms with Gasteiger partial charge in [-0.1, -0.05) is 35.5 Å². The fraction of sp³-hybridized carbons (Fsp3) is 0.533. The highest BCUT2D eigenvalue weighted by atomic mass is 16.8. The Bertz CT molecular complexity index is 453. The molecule has 0 bridgehead atoms. The summed E-state index contributed by atoms with van der Waals surface area (Å²) in [5, 5.41) is 14.0. The first-order valence-corrected chi connectivity index (χ1v) is 6.80. The predicted octanol–water partition coefficient (Wildman–Crippen LogP) is 1.17. The van der Waals surface area contributed by atoms with Gasteiger partial charge in [-0.3, -0.25) is 0 Å². The van der Waals surface area contributed by atoms with Crippen molar-refractivity contribution in [2.45, 2.75) is 37.6 Å². The lowest BCUT2D eigenvalue weighted by Crippen LogP contribution is -2.58. The lowest BCUT2D eigenvalue weighted by atomic mass is 10.00. The molecular formula is C15H21NO5. The maximum Gasteiger partial charge on any atom is 0.256 e. The van der Waals surface area contributed by atoms with Crippen LogP contribution >= 0.6 is 0 Å². The molecule has 1 saturated heterocycles. The van der Waals surface area contributed by atoms with Crippen molar-refractivity contribution in [3.8, 4) is 0 Å². The molecule has 1 N–H and O–H groups in total. The third-order valence-corrected chi connectivity index (χ3v) is 3.47. The number of oxime groups is 1. The second-order valence-corrected chi connectivity index (χ2v) is 4.85. The van der Waals surface area contributed by atoms with Crippen LogP contribution in [0.1, 0.15) is 12.5 Å². The molecule has 0 aromatic heterocycles. The Labute approximate surface area is 124 Å². The highest BCUT2D eigenvalue weighted by molar-refractivity contribution is 5.78. The topological polar surface area (TPSA) is 69.5 Å². The van der Waals surface area contributed by atoms with Gasteiger partial charge >= 0.3 is 0 Å². The van der Waals surface area contributed by atoms with Gasteiger partial charge in [0.2, 0.25) is 0 Å². The molecule has 6 nitrogen and oxygen atoms in total. The smallest absolute Gasteiger partial charge is 0.256 e. The van der Waals surface area contributed by atoms with Gasteiger partial charge in [-0.15, -0.1) is 0 Å². The normalized spacial score (nSPS) is 33.2. The number of benzene rings is 1. The number of aliphatic hydroxyl groups is 1. The lowest BCUT2D eigenvalue weighted by molar-refractivity contribution is -0.302. The summed E-state index contributed by atoms with van der Waals surface area (Å²) in [5.74, 6) is 0. The van der Waals surface area contributed by atoms with Gasteiger partial charge in [-0.2, -0.15) is 0 Å². The van der Waals surface area contributed by atoms with Crippen LogP contribution in [0.3, 0.4) is 0 Å². The Balaban J connectivity index is 2.02. The van der Waals surface area contributed by atoms with Gasteiger partial charge in [0.25, 0.3) is 6.29 Å². The SMILES string of the molecule is CO[C@@H]1[C@@H](O)[C@H](C)O[C@@H](ON=Cc2ccccc2)[C@@H]1OC. The Morgan fingerprint density at radius 2 is 1.81 bits per heavy atom. The van der Waals surface area contributed by atoms with Gasteiger partial charge in [0.1, 0.15) is 12.2 Å². The molecule has 2 rings (SSSR count). The van der Waals surface area contributed by atoms with Crippen LogP contribution in [0.2, 0.25) is 0 Å². The molecule has 1 aliphatic rings. The van der Waals surface area contributed by atoms with E-state index in [1.807, 2.05) is 30.3 Å². The third-order valence-electron chi connectivity index (χ3n) is 3.47. The van der Waals surface area contributed by atoms with Gasteiger partial charge in [0.15, 0.2) is 6.10 Å². The summed E-state index contributed by atoms with van der Waals surface area (Å²) in [4.78, 5) is 5.37. The van der Waals surface area contributed by atoms with E-state index in [1.165, 1.54) is 14.2 Å².